The van der Waals surface area contributed by atoms with Crippen molar-refractivity contribution in [1.82, 2.24) is 19.1 Å². The van der Waals surface area contributed by atoms with Gasteiger partial charge >= 0.3 is 5.69 Å². The third-order valence-corrected chi connectivity index (χ3v) is 6.73. The molecular weight excluding hydrogens is 494 g/mol. The molecule has 10 nitrogen and oxygen atoms in total. The van der Waals surface area contributed by atoms with Gasteiger partial charge in [0.05, 0.1) is 49.8 Å². The topological polar surface area (TPSA) is 117 Å². The number of aromatic nitrogens is 4. The van der Waals surface area contributed by atoms with Crippen molar-refractivity contribution in [2.75, 3.05) is 25.2 Å². The van der Waals surface area contributed by atoms with E-state index in [2.05, 4.69) is 14.7 Å². The molecule has 0 aliphatic heterocycles. The van der Waals surface area contributed by atoms with E-state index < -0.39 is 10.0 Å². The summed E-state index contributed by atoms with van der Waals surface area (Å²) in [4.78, 5) is 22.1. The summed E-state index contributed by atoms with van der Waals surface area (Å²) in [6.45, 7) is 0.371. The van der Waals surface area contributed by atoms with Crippen molar-refractivity contribution >= 4 is 37.6 Å². The molecule has 0 bridgehead atoms. The average Bonchev–Trinajstić information content (AvgIpc) is 3.13. The van der Waals surface area contributed by atoms with E-state index in [4.69, 9.17) is 9.47 Å². The largest absolute Gasteiger partial charge is 0.497 e. The molecule has 0 spiro atoms. The Morgan fingerprint density at radius 3 is 2.38 bits per heavy atom. The number of nitrogens with zero attached hydrogens (tertiary/aromatic N) is 4. The second-order valence-corrected chi connectivity index (χ2v) is 10.4. The number of nitrogens with one attached hydrogen (secondary N) is 1. The summed E-state index contributed by atoms with van der Waals surface area (Å²) in [6, 6.07) is 14.9. The first-order valence-corrected chi connectivity index (χ1v) is 13.2. The van der Waals surface area contributed by atoms with Crippen molar-refractivity contribution in [1.29, 1.82) is 0 Å². The minimum absolute atomic E-state index is 0.156. The van der Waals surface area contributed by atoms with Gasteiger partial charge < -0.3 is 9.47 Å². The maximum absolute atomic E-state index is 13.2. The third kappa shape index (κ3) is 4.60. The monoisotopic (exact) mass is 519 g/mol. The maximum Gasteiger partial charge on any atom is 0.329 e. The van der Waals surface area contributed by atoms with E-state index in [0.29, 0.717) is 17.6 Å². The number of fused-ring (bicyclic) bond motifs is 3. The Morgan fingerprint density at radius 1 is 0.946 bits per heavy atom. The molecule has 0 fully saturated rings. The Hall–Kier alpha value is -4.38. The number of aryl methyl sites for hydroxylation is 1. The number of pyridine rings is 2. The molecule has 3 aromatic heterocycles. The van der Waals surface area contributed by atoms with Crippen LogP contribution in [0.1, 0.15) is 5.56 Å². The summed E-state index contributed by atoms with van der Waals surface area (Å²) in [5, 5.41) is 0.787. The standard InChI is InChI=1S/C26H25N5O5S/c1-30-23-14-27-21-10-7-17(18-12-22(29-37(4,33)34)25(36-3)28-13-18)11-20(21)24(23)31(26(30)32)15-16-5-8-19(35-2)9-6-16/h5-14,29H,15H2,1-4H3. The van der Waals surface area contributed by atoms with Crippen molar-refractivity contribution < 1.29 is 17.9 Å². The number of rotatable bonds is 7. The van der Waals surface area contributed by atoms with Gasteiger partial charge in [-0.3, -0.25) is 18.8 Å². The molecule has 0 saturated carbocycles. The Kier molecular flexibility index (Phi) is 6.08. The van der Waals surface area contributed by atoms with Gasteiger partial charge in [-0.1, -0.05) is 18.2 Å². The maximum atomic E-state index is 13.2. The molecule has 0 aliphatic carbocycles. The summed E-state index contributed by atoms with van der Waals surface area (Å²) in [5.74, 6) is 0.904. The lowest BCUT2D eigenvalue weighted by atomic mass is 10.0. The predicted molar refractivity (Wildman–Crippen MR) is 143 cm³/mol. The molecule has 0 aliphatic rings. The number of hydrogen-bond acceptors (Lipinski definition) is 7. The molecule has 0 amide bonds. The molecule has 0 saturated heterocycles. The molecule has 3 heterocycles. The van der Waals surface area contributed by atoms with Crippen LogP contribution >= 0.6 is 0 Å². The number of benzene rings is 2. The quantitative estimate of drug-likeness (QED) is 0.350. The zero-order chi connectivity index (χ0) is 26.3. The summed E-state index contributed by atoms with van der Waals surface area (Å²) < 4.78 is 39.9. The lowest BCUT2D eigenvalue weighted by Crippen LogP contribution is -2.22. The van der Waals surface area contributed by atoms with Crippen molar-refractivity contribution in [2.24, 2.45) is 7.05 Å². The highest BCUT2D eigenvalue weighted by Crippen LogP contribution is 2.32. The molecule has 2 aromatic carbocycles. The Bertz CT molecular complexity index is 1810. The van der Waals surface area contributed by atoms with Crippen LogP contribution in [-0.4, -0.2) is 48.0 Å². The first-order chi connectivity index (χ1) is 17.7. The second kappa shape index (κ2) is 9.25. The fourth-order valence-corrected chi connectivity index (χ4v) is 4.91. The second-order valence-electron chi connectivity index (χ2n) is 8.65. The summed E-state index contributed by atoms with van der Waals surface area (Å²) in [5.41, 5.74) is 4.66. The van der Waals surface area contributed by atoms with E-state index in [-0.39, 0.29) is 17.3 Å². The SMILES string of the molecule is COc1ccc(Cn2c(=O)n(C)c3cnc4ccc(-c5cnc(OC)c(NS(C)(=O)=O)c5)cc4c32)cc1. The van der Waals surface area contributed by atoms with Crippen molar-refractivity contribution in [3.8, 4) is 22.8 Å². The van der Waals surface area contributed by atoms with E-state index in [1.807, 2.05) is 42.5 Å². The fraction of sp³-hybridized carbons (Fsp3) is 0.192. The minimum atomic E-state index is -3.54. The highest BCUT2D eigenvalue weighted by Gasteiger charge is 2.17. The molecule has 37 heavy (non-hydrogen) atoms. The average molecular weight is 520 g/mol. The number of sulfonamides is 1. The molecule has 0 atom stereocenters. The van der Waals surface area contributed by atoms with Crippen molar-refractivity contribution in [3.63, 3.8) is 0 Å². The van der Waals surface area contributed by atoms with Gasteiger partial charge in [0.1, 0.15) is 11.4 Å². The Balaban J connectivity index is 1.68. The summed E-state index contributed by atoms with van der Waals surface area (Å²) >= 11 is 0. The smallest absolute Gasteiger partial charge is 0.329 e. The summed E-state index contributed by atoms with van der Waals surface area (Å²) in [6.07, 6.45) is 4.37. The van der Waals surface area contributed by atoms with Crippen LogP contribution in [0.25, 0.3) is 33.1 Å². The lowest BCUT2D eigenvalue weighted by Gasteiger charge is -2.12. The minimum Gasteiger partial charge on any atom is -0.497 e. The number of anilines is 1. The molecule has 0 radical (unpaired) electrons. The van der Waals surface area contributed by atoms with Crippen molar-refractivity contribution in [2.45, 2.75) is 6.54 Å². The molecular formula is C26H25N5O5S. The van der Waals surface area contributed by atoms with Crippen LogP contribution in [0.4, 0.5) is 5.69 Å². The highest BCUT2D eigenvalue weighted by atomic mass is 32.2. The first kappa shape index (κ1) is 24.3. The van der Waals surface area contributed by atoms with E-state index in [1.54, 1.807) is 41.8 Å². The molecule has 5 rings (SSSR count). The fourth-order valence-electron chi connectivity index (χ4n) is 4.36. The normalized spacial score (nSPS) is 11.7. The third-order valence-electron chi connectivity index (χ3n) is 6.14. The zero-order valence-corrected chi connectivity index (χ0v) is 21.5. The van der Waals surface area contributed by atoms with E-state index in [0.717, 1.165) is 39.6 Å². The Labute approximate surface area is 213 Å². The molecule has 1 N–H and O–H groups in total. The van der Waals surface area contributed by atoms with E-state index >= 15 is 0 Å². The van der Waals surface area contributed by atoms with Crippen LogP contribution in [0.3, 0.4) is 0 Å². The number of hydrogen-bond donors (Lipinski definition) is 1. The van der Waals surface area contributed by atoms with Crippen LogP contribution in [-0.2, 0) is 23.6 Å². The van der Waals surface area contributed by atoms with Gasteiger partial charge in [0.2, 0.25) is 15.9 Å². The first-order valence-electron chi connectivity index (χ1n) is 11.3. The van der Waals surface area contributed by atoms with Gasteiger partial charge in [0.15, 0.2) is 0 Å². The highest BCUT2D eigenvalue weighted by molar-refractivity contribution is 7.92. The molecule has 5 aromatic rings. The van der Waals surface area contributed by atoms with Crippen LogP contribution in [0.15, 0.2) is 65.7 Å². The predicted octanol–water partition coefficient (Wildman–Crippen LogP) is 3.39. The van der Waals surface area contributed by atoms with Crippen molar-refractivity contribution in [3.05, 3.63) is 77.0 Å². The number of imidazole rings is 1. The molecule has 0 unspecified atom stereocenters. The lowest BCUT2D eigenvalue weighted by molar-refractivity contribution is 0.400. The van der Waals surface area contributed by atoms with E-state index in [9.17, 15) is 13.2 Å². The Morgan fingerprint density at radius 2 is 1.70 bits per heavy atom. The van der Waals surface area contributed by atoms with Crippen LogP contribution < -0.4 is 19.9 Å². The number of ether oxygens (including phenoxy) is 2. The summed E-state index contributed by atoms with van der Waals surface area (Å²) in [7, 11) is 1.22. The van der Waals surface area contributed by atoms with Gasteiger partial charge in [0.25, 0.3) is 0 Å². The molecule has 190 valence electrons. The van der Waals surface area contributed by atoms with Gasteiger partial charge in [-0.25, -0.2) is 18.2 Å². The molecule has 11 heteroatoms. The van der Waals surface area contributed by atoms with Crippen LogP contribution in [0.5, 0.6) is 11.6 Å². The van der Waals surface area contributed by atoms with Gasteiger partial charge in [-0.15, -0.1) is 0 Å². The van der Waals surface area contributed by atoms with Crippen LogP contribution in [0, 0.1) is 0 Å². The zero-order valence-electron chi connectivity index (χ0n) is 20.7. The van der Waals surface area contributed by atoms with Gasteiger partial charge in [0, 0.05) is 24.2 Å². The number of methoxy groups -OCH3 is 2. The van der Waals surface area contributed by atoms with E-state index in [1.165, 1.54) is 7.11 Å². The van der Waals surface area contributed by atoms with Gasteiger partial charge in [-0.2, -0.15) is 0 Å². The van der Waals surface area contributed by atoms with Gasteiger partial charge in [-0.05, 0) is 41.5 Å². The van der Waals surface area contributed by atoms with Crippen LogP contribution in [0.2, 0.25) is 0 Å².